The standard InChI is InChI=1S/C26H27N5O2/c1-18(32)30-16-14-19-7-4-5-8-22(19)23(30)17-25(33)27-21-12-10-20(11-13-21)26-29-28-24-9-3-2-6-15-31(24)26/h4-5,7-8,10-14,16,23H,2-3,6,9,15,17H2,1H3,(H,27,33)/t23-/m1/s1. The summed E-state index contributed by atoms with van der Waals surface area (Å²) in [5.74, 6) is 1.71. The third kappa shape index (κ3) is 4.31. The lowest BCUT2D eigenvalue weighted by atomic mass is 9.93. The van der Waals surface area contributed by atoms with Crippen molar-refractivity contribution in [2.45, 2.75) is 51.6 Å². The Morgan fingerprint density at radius 2 is 1.85 bits per heavy atom. The van der Waals surface area contributed by atoms with Crippen molar-refractivity contribution < 1.29 is 9.59 Å². The van der Waals surface area contributed by atoms with Gasteiger partial charge in [-0.2, -0.15) is 0 Å². The third-order valence-electron chi connectivity index (χ3n) is 6.38. The number of anilines is 1. The van der Waals surface area contributed by atoms with Crippen molar-refractivity contribution in [1.29, 1.82) is 0 Å². The zero-order valence-corrected chi connectivity index (χ0v) is 18.7. The van der Waals surface area contributed by atoms with Gasteiger partial charge >= 0.3 is 0 Å². The third-order valence-corrected chi connectivity index (χ3v) is 6.38. The molecular formula is C26H27N5O2. The number of amides is 2. The maximum Gasteiger partial charge on any atom is 0.226 e. The van der Waals surface area contributed by atoms with Crippen LogP contribution in [0.4, 0.5) is 5.69 Å². The molecule has 7 heteroatoms. The van der Waals surface area contributed by atoms with E-state index in [2.05, 4.69) is 20.1 Å². The summed E-state index contributed by atoms with van der Waals surface area (Å²) in [5, 5.41) is 11.8. The minimum atomic E-state index is -0.325. The molecule has 7 nitrogen and oxygen atoms in total. The summed E-state index contributed by atoms with van der Waals surface area (Å²) in [6.07, 6.45) is 8.34. The van der Waals surface area contributed by atoms with Crippen molar-refractivity contribution in [1.82, 2.24) is 19.7 Å². The summed E-state index contributed by atoms with van der Waals surface area (Å²) < 4.78 is 2.21. The predicted molar refractivity (Wildman–Crippen MR) is 127 cm³/mol. The molecule has 0 radical (unpaired) electrons. The molecule has 2 aromatic carbocycles. The average molecular weight is 442 g/mol. The van der Waals surface area contributed by atoms with Gasteiger partial charge in [-0.3, -0.25) is 9.59 Å². The highest BCUT2D eigenvalue weighted by atomic mass is 16.2. The van der Waals surface area contributed by atoms with E-state index in [0.717, 1.165) is 54.1 Å². The van der Waals surface area contributed by atoms with Gasteiger partial charge in [0.1, 0.15) is 5.82 Å². The molecule has 2 aliphatic rings. The fraction of sp³-hybridized carbons (Fsp3) is 0.308. The first-order valence-electron chi connectivity index (χ1n) is 11.5. The lowest BCUT2D eigenvalue weighted by molar-refractivity contribution is -0.129. The molecule has 0 unspecified atom stereocenters. The molecule has 0 bridgehead atoms. The van der Waals surface area contributed by atoms with Crippen LogP contribution in [-0.2, 0) is 22.6 Å². The van der Waals surface area contributed by atoms with E-state index in [1.54, 1.807) is 11.1 Å². The van der Waals surface area contributed by atoms with E-state index >= 15 is 0 Å². The van der Waals surface area contributed by atoms with Crippen molar-refractivity contribution in [3.63, 3.8) is 0 Å². The maximum absolute atomic E-state index is 12.9. The molecule has 0 aliphatic carbocycles. The second-order valence-corrected chi connectivity index (χ2v) is 8.62. The molecule has 3 heterocycles. The highest BCUT2D eigenvalue weighted by Crippen LogP contribution is 2.33. The Morgan fingerprint density at radius 3 is 2.67 bits per heavy atom. The Morgan fingerprint density at radius 1 is 1.03 bits per heavy atom. The first-order valence-corrected chi connectivity index (χ1v) is 11.5. The Hall–Kier alpha value is -3.74. The van der Waals surface area contributed by atoms with E-state index in [1.165, 1.54) is 13.3 Å². The molecule has 0 fully saturated rings. The number of aromatic nitrogens is 3. The van der Waals surface area contributed by atoms with Crippen LogP contribution >= 0.6 is 0 Å². The second-order valence-electron chi connectivity index (χ2n) is 8.62. The summed E-state index contributed by atoms with van der Waals surface area (Å²) in [6.45, 7) is 2.47. The quantitative estimate of drug-likeness (QED) is 0.643. The van der Waals surface area contributed by atoms with E-state index < -0.39 is 0 Å². The van der Waals surface area contributed by atoms with E-state index in [-0.39, 0.29) is 24.3 Å². The lowest BCUT2D eigenvalue weighted by Crippen LogP contribution is -2.33. The van der Waals surface area contributed by atoms with Gasteiger partial charge in [-0.15, -0.1) is 10.2 Å². The SMILES string of the molecule is CC(=O)N1C=Cc2ccccc2[C@H]1CC(=O)Nc1ccc(-c2nnc3n2CCCCC3)cc1. The number of nitrogens with zero attached hydrogens (tertiary/aromatic N) is 4. The summed E-state index contributed by atoms with van der Waals surface area (Å²) in [4.78, 5) is 26.7. The highest BCUT2D eigenvalue weighted by molar-refractivity contribution is 5.92. The van der Waals surface area contributed by atoms with Crippen LogP contribution < -0.4 is 5.32 Å². The molecule has 0 spiro atoms. The fourth-order valence-corrected chi connectivity index (χ4v) is 4.70. The van der Waals surface area contributed by atoms with Gasteiger partial charge in [-0.05, 0) is 54.3 Å². The number of hydrogen-bond acceptors (Lipinski definition) is 4. The highest BCUT2D eigenvalue weighted by Gasteiger charge is 2.28. The monoisotopic (exact) mass is 441 g/mol. The van der Waals surface area contributed by atoms with Gasteiger partial charge in [0.25, 0.3) is 0 Å². The van der Waals surface area contributed by atoms with Gasteiger partial charge in [0, 0.05) is 37.3 Å². The van der Waals surface area contributed by atoms with Crippen LogP contribution in [0.1, 0.15) is 55.6 Å². The van der Waals surface area contributed by atoms with Crippen LogP contribution in [0.15, 0.2) is 54.7 Å². The lowest BCUT2D eigenvalue weighted by Gasteiger charge is -2.32. The Labute approximate surface area is 193 Å². The van der Waals surface area contributed by atoms with Gasteiger partial charge < -0.3 is 14.8 Å². The van der Waals surface area contributed by atoms with Crippen LogP contribution in [-0.4, -0.2) is 31.5 Å². The van der Waals surface area contributed by atoms with Crippen molar-refractivity contribution in [2.75, 3.05) is 5.32 Å². The topological polar surface area (TPSA) is 80.1 Å². The number of nitrogens with one attached hydrogen (secondary N) is 1. The van der Waals surface area contributed by atoms with E-state index in [4.69, 9.17) is 0 Å². The van der Waals surface area contributed by atoms with Crippen LogP contribution in [0.25, 0.3) is 17.5 Å². The maximum atomic E-state index is 12.9. The number of benzene rings is 2. The van der Waals surface area contributed by atoms with Gasteiger partial charge in [0.2, 0.25) is 11.8 Å². The van der Waals surface area contributed by atoms with Gasteiger partial charge in [0.15, 0.2) is 5.82 Å². The smallest absolute Gasteiger partial charge is 0.226 e. The van der Waals surface area contributed by atoms with Crippen LogP contribution in [0.3, 0.4) is 0 Å². The average Bonchev–Trinajstić information content (AvgIpc) is 3.07. The number of carbonyl (C=O) groups excluding carboxylic acids is 2. The Bertz CT molecular complexity index is 1210. The predicted octanol–water partition coefficient (Wildman–Crippen LogP) is 4.57. The van der Waals surface area contributed by atoms with Crippen molar-refractivity contribution >= 4 is 23.6 Å². The first-order chi connectivity index (χ1) is 16.1. The number of aryl methyl sites for hydroxylation is 1. The second kappa shape index (κ2) is 9.02. The molecule has 1 N–H and O–H groups in total. The van der Waals surface area contributed by atoms with E-state index in [9.17, 15) is 9.59 Å². The molecule has 5 rings (SSSR count). The van der Waals surface area contributed by atoms with Gasteiger partial charge in [0.05, 0.1) is 12.5 Å². The first kappa shape index (κ1) is 21.1. The largest absolute Gasteiger partial charge is 0.326 e. The molecule has 168 valence electrons. The number of carbonyl (C=O) groups is 2. The molecule has 2 aliphatic heterocycles. The molecule has 1 atom stereocenters. The molecule has 3 aromatic rings. The molecular weight excluding hydrogens is 414 g/mol. The number of rotatable bonds is 4. The zero-order chi connectivity index (χ0) is 22.8. The molecule has 2 amide bonds. The summed E-state index contributed by atoms with van der Waals surface area (Å²) >= 11 is 0. The van der Waals surface area contributed by atoms with Crippen molar-refractivity contribution in [3.05, 3.63) is 71.7 Å². The van der Waals surface area contributed by atoms with Gasteiger partial charge in [-0.1, -0.05) is 30.7 Å². The summed E-state index contributed by atoms with van der Waals surface area (Å²) in [7, 11) is 0. The van der Waals surface area contributed by atoms with E-state index in [1.807, 2.05) is 54.6 Å². The zero-order valence-electron chi connectivity index (χ0n) is 18.7. The van der Waals surface area contributed by atoms with Crippen LogP contribution in [0.5, 0.6) is 0 Å². The fourth-order valence-electron chi connectivity index (χ4n) is 4.70. The normalized spacial score (nSPS) is 17.1. The molecule has 0 saturated carbocycles. The Balaban J connectivity index is 1.30. The molecule has 0 saturated heterocycles. The van der Waals surface area contributed by atoms with Crippen molar-refractivity contribution in [3.8, 4) is 11.4 Å². The minimum absolute atomic E-state index is 0.0876. The number of hydrogen-bond donors (Lipinski definition) is 1. The van der Waals surface area contributed by atoms with Crippen LogP contribution in [0, 0.1) is 0 Å². The van der Waals surface area contributed by atoms with E-state index in [0.29, 0.717) is 5.69 Å². The van der Waals surface area contributed by atoms with Crippen LogP contribution in [0.2, 0.25) is 0 Å². The minimum Gasteiger partial charge on any atom is -0.326 e. The molecule has 1 aromatic heterocycles. The number of fused-ring (bicyclic) bond motifs is 2. The Kier molecular flexibility index (Phi) is 5.77. The van der Waals surface area contributed by atoms with Gasteiger partial charge in [-0.25, -0.2) is 0 Å². The molecule has 33 heavy (non-hydrogen) atoms. The summed E-state index contributed by atoms with van der Waals surface area (Å²) in [6, 6.07) is 15.3. The summed E-state index contributed by atoms with van der Waals surface area (Å²) in [5.41, 5.74) is 3.72. The van der Waals surface area contributed by atoms with Crippen molar-refractivity contribution in [2.24, 2.45) is 0 Å².